The van der Waals surface area contributed by atoms with Gasteiger partial charge in [0.1, 0.15) is 5.75 Å². The van der Waals surface area contributed by atoms with Crippen LogP contribution in [0.5, 0.6) is 5.75 Å². The number of hydrogen-bond acceptors (Lipinski definition) is 2. The summed E-state index contributed by atoms with van der Waals surface area (Å²) in [5.41, 5.74) is 1.36. The van der Waals surface area contributed by atoms with E-state index in [9.17, 15) is 0 Å². The molecule has 1 aliphatic heterocycles. The number of rotatable bonds is 0. The molecule has 0 N–H and O–H groups in total. The molecule has 2 heterocycles. The quantitative estimate of drug-likeness (QED) is 0.599. The van der Waals surface area contributed by atoms with Gasteiger partial charge in [0.15, 0.2) is 0 Å². The van der Waals surface area contributed by atoms with Gasteiger partial charge in [-0.05, 0) is 34.5 Å². The Balaban J connectivity index is 2.38. The highest BCUT2D eigenvalue weighted by Gasteiger charge is 2.12. The molecule has 0 aliphatic carbocycles. The smallest absolute Gasteiger partial charge is 0.124 e. The summed E-state index contributed by atoms with van der Waals surface area (Å²) in [7, 11) is 0. The Hall–Kier alpha value is -1.02. The first kappa shape index (κ1) is 6.49. The lowest BCUT2D eigenvalue weighted by Crippen LogP contribution is -1.85. The van der Waals surface area contributed by atoms with Crippen LogP contribution in [0.25, 0.3) is 10.1 Å². The van der Waals surface area contributed by atoms with Crippen LogP contribution in [0.3, 0.4) is 0 Å². The zero-order chi connectivity index (χ0) is 7.97. The van der Waals surface area contributed by atoms with Crippen LogP contribution < -0.4 is 4.74 Å². The van der Waals surface area contributed by atoms with Crippen molar-refractivity contribution in [3.05, 3.63) is 29.1 Å². The van der Waals surface area contributed by atoms with E-state index in [1.165, 1.54) is 15.6 Å². The lowest BCUT2D eigenvalue weighted by atomic mass is 10.1. The van der Waals surface area contributed by atoms with Gasteiger partial charge in [-0.1, -0.05) is 0 Å². The zero-order valence-corrected chi connectivity index (χ0v) is 7.36. The van der Waals surface area contributed by atoms with Crippen LogP contribution in [-0.2, 0) is 6.42 Å². The van der Waals surface area contributed by atoms with Crippen molar-refractivity contribution in [1.29, 1.82) is 0 Å². The fraction of sp³-hybridized carbons (Fsp3) is 0.200. The second kappa shape index (κ2) is 2.23. The summed E-state index contributed by atoms with van der Waals surface area (Å²) in [5.74, 6) is 1.09. The highest BCUT2D eigenvalue weighted by molar-refractivity contribution is 7.17. The summed E-state index contributed by atoms with van der Waals surface area (Å²) in [6, 6.07) is 6.56. The zero-order valence-electron chi connectivity index (χ0n) is 6.54. The van der Waals surface area contributed by atoms with Gasteiger partial charge in [-0.3, -0.25) is 0 Å². The molecule has 0 spiro atoms. The second-order valence-electron chi connectivity index (χ2n) is 3.02. The first-order valence-corrected chi connectivity index (χ1v) is 4.94. The van der Waals surface area contributed by atoms with Gasteiger partial charge in [-0.15, -0.1) is 11.3 Å². The Morgan fingerprint density at radius 3 is 3.33 bits per heavy atom. The predicted octanol–water partition coefficient (Wildman–Crippen LogP) is 2.84. The first-order valence-electron chi connectivity index (χ1n) is 4.06. The average molecular weight is 176 g/mol. The van der Waals surface area contributed by atoms with Gasteiger partial charge in [0.25, 0.3) is 0 Å². The SMILES string of the molecule is c1cc2cc3c(cc2s1)OCC3. The van der Waals surface area contributed by atoms with E-state index in [1.54, 1.807) is 11.3 Å². The van der Waals surface area contributed by atoms with Gasteiger partial charge in [-0.2, -0.15) is 0 Å². The van der Waals surface area contributed by atoms with E-state index in [-0.39, 0.29) is 0 Å². The van der Waals surface area contributed by atoms with E-state index >= 15 is 0 Å². The first-order chi connectivity index (χ1) is 5.93. The summed E-state index contributed by atoms with van der Waals surface area (Å²) in [4.78, 5) is 0. The molecule has 0 amide bonds. The number of fused-ring (bicyclic) bond motifs is 2. The Bertz CT molecular complexity index is 392. The van der Waals surface area contributed by atoms with Crippen LogP contribution in [0.4, 0.5) is 0 Å². The monoisotopic (exact) mass is 176 g/mol. The van der Waals surface area contributed by atoms with Crippen molar-refractivity contribution in [2.24, 2.45) is 0 Å². The van der Waals surface area contributed by atoms with Gasteiger partial charge in [0, 0.05) is 11.1 Å². The lowest BCUT2D eigenvalue weighted by Gasteiger charge is -1.97. The third kappa shape index (κ3) is 0.786. The summed E-state index contributed by atoms with van der Waals surface area (Å²) < 4.78 is 6.81. The molecule has 1 nitrogen and oxygen atoms in total. The van der Waals surface area contributed by atoms with Crippen LogP contribution in [-0.4, -0.2) is 6.61 Å². The van der Waals surface area contributed by atoms with Crippen molar-refractivity contribution in [3.63, 3.8) is 0 Å². The van der Waals surface area contributed by atoms with Crippen molar-refractivity contribution in [3.8, 4) is 5.75 Å². The van der Waals surface area contributed by atoms with Gasteiger partial charge in [0.2, 0.25) is 0 Å². The summed E-state index contributed by atoms with van der Waals surface area (Å²) in [5, 5.41) is 3.48. The molecule has 0 radical (unpaired) electrons. The maximum Gasteiger partial charge on any atom is 0.124 e. The number of ether oxygens (including phenoxy) is 1. The number of hydrogen-bond donors (Lipinski definition) is 0. The number of benzene rings is 1. The second-order valence-corrected chi connectivity index (χ2v) is 3.96. The van der Waals surface area contributed by atoms with Crippen LogP contribution in [0.1, 0.15) is 5.56 Å². The molecule has 0 saturated carbocycles. The Morgan fingerprint density at radius 1 is 1.33 bits per heavy atom. The van der Waals surface area contributed by atoms with Crippen LogP contribution >= 0.6 is 11.3 Å². The molecule has 0 fully saturated rings. The molecule has 0 unspecified atom stereocenters. The largest absolute Gasteiger partial charge is 0.493 e. The van der Waals surface area contributed by atoms with Crippen LogP contribution in [0.2, 0.25) is 0 Å². The molecule has 12 heavy (non-hydrogen) atoms. The lowest BCUT2D eigenvalue weighted by molar-refractivity contribution is 0.357. The number of thiophene rings is 1. The fourth-order valence-corrected chi connectivity index (χ4v) is 2.44. The van der Waals surface area contributed by atoms with E-state index in [1.807, 2.05) is 0 Å². The Kier molecular flexibility index (Phi) is 1.21. The van der Waals surface area contributed by atoms with Crippen molar-refractivity contribution >= 4 is 21.4 Å². The molecule has 1 aromatic carbocycles. The highest BCUT2D eigenvalue weighted by Crippen LogP contribution is 2.32. The Morgan fingerprint density at radius 2 is 2.33 bits per heavy atom. The van der Waals surface area contributed by atoms with Crippen molar-refractivity contribution in [1.82, 2.24) is 0 Å². The van der Waals surface area contributed by atoms with Crippen molar-refractivity contribution in [2.75, 3.05) is 6.61 Å². The van der Waals surface area contributed by atoms with Gasteiger partial charge in [-0.25, -0.2) is 0 Å². The van der Waals surface area contributed by atoms with Crippen LogP contribution in [0.15, 0.2) is 23.6 Å². The molecular weight excluding hydrogens is 168 g/mol. The van der Waals surface area contributed by atoms with Crippen molar-refractivity contribution in [2.45, 2.75) is 6.42 Å². The summed E-state index contributed by atoms with van der Waals surface area (Å²) in [6.45, 7) is 0.854. The third-order valence-electron chi connectivity index (χ3n) is 2.26. The van der Waals surface area contributed by atoms with E-state index < -0.39 is 0 Å². The van der Waals surface area contributed by atoms with Gasteiger partial charge in [0.05, 0.1) is 6.61 Å². The molecule has 1 aliphatic rings. The minimum Gasteiger partial charge on any atom is -0.493 e. The van der Waals surface area contributed by atoms with E-state index in [2.05, 4.69) is 23.6 Å². The third-order valence-corrected chi connectivity index (χ3v) is 3.14. The fourth-order valence-electron chi connectivity index (χ4n) is 1.64. The maximum absolute atomic E-state index is 5.48. The highest BCUT2D eigenvalue weighted by atomic mass is 32.1. The average Bonchev–Trinajstić information content (AvgIpc) is 2.64. The molecule has 2 aromatic rings. The summed E-state index contributed by atoms with van der Waals surface area (Å²) in [6.07, 6.45) is 1.07. The molecule has 2 heteroatoms. The standard InChI is InChI=1S/C10H8OS/c1-3-11-9-6-10-8(2-4-12-10)5-7(1)9/h2,4-6H,1,3H2. The minimum atomic E-state index is 0.854. The van der Waals surface area contributed by atoms with Crippen molar-refractivity contribution < 1.29 is 4.74 Å². The molecule has 3 rings (SSSR count). The summed E-state index contributed by atoms with van der Waals surface area (Å²) >= 11 is 1.77. The predicted molar refractivity (Wildman–Crippen MR) is 51.0 cm³/mol. The molecular formula is C10H8OS. The molecule has 1 aromatic heterocycles. The normalized spacial score (nSPS) is 14.7. The molecule has 0 saturated heterocycles. The van der Waals surface area contributed by atoms with Gasteiger partial charge < -0.3 is 4.74 Å². The van der Waals surface area contributed by atoms with E-state index in [0.717, 1.165) is 18.8 Å². The molecule has 0 bridgehead atoms. The van der Waals surface area contributed by atoms with Crippen LogP contribution in [0, 0.1) is 0 Å². The minimum absolute atomic E-state index is 0.854. The van der Waals surface area contributed by atoms with E-state index in [4.69, 9.17) is 4.74 Å². The topological polar surface area (TPSA) is 9.23 Å². The molecule has 0 atom stereocenters. The van der Waals surface area contributed by atoms with E-state index in [0.29, 0.717) is 0 Å². The van der Waals surface area contributed by atoms with Gasteiger partial charge >= 0.3 is 0 Å². The maximum atomic E-state index is 5.48. The molecule has 60 valence electrons. The Labute approximate surface area is 74.6 Å².